The molecule has 0 saturated carbocycles. The predicted octanol–water partition coefficient (Wildman–Crippen LogP) is 2.34. The van der Waals surface area contributed by atoms with E-state index in [-0.39, 0.29) is 6.61 Å². The number of nitrogens with zero attached hydrogens (tertiary/aromatic N) is 1. The third kappa shape index (κ3) is 1.96. The molecule has 2 rings (SSSR count). The second-order valence-electron chi connectivity index (χ2n) is 3.24. The Bertz CT molecular complexity index is 496. The molecular weight excluding hydrogens is 272 g/mol. The summed E-state index contributed by atoms with van der Waals surface area (Å²) >= 11 is 3.41. The summed E-state index contributed by atoms with van der Waals surface area (Å²) in [4.78, 5) is 7.21. The van der Waals surface area contributed by atoms with Crippen LogP contribution in [0.15, 0.2) is 28.9 Å². The molecule has 0 spiro atoms. The zero-order valence-corrected chi connectivity index (χ0v) is 10.3. The Morgan fingerprint density at radius 3 is 2.94 bits per heavy atom. The Morgan fingerprint density at radius 1 is 1.50 bits per heavy atom. The summed E-state index contributed by atoms with van der Waals surface area (Å²) in [6.45, 7) is -0.0523. The number of methoxy groups -OCH3 is 1. The quantitative estimate of drug-likeness (QED) is 0.909. The number of aromatic nitrogens is 2. The zero-order chi connectivity index (χ0) is 11.5. The fourth-order valence-electron chi connectivity index (χ4n) is 1.48. The smallest absolute Gasteiger partial charge is 0.143 e. The SMILES string of the molecule is COc1c(Br)cccc1-c1ncc(CO)[nH]1. The molecule has 0 saturated heterocycles. The van der Waals surface area contributed by atoms with Crippen molar-refractivity contribution in [2.24, 2.45) is 0 Å². The zero-order valence-electron chi connectivity index (χ0n) is 8.70. The lowest BCUT2D eigenvalue weighted by Crippen LogP contribution is -1.90. The summed E-state index contributed by atoms with van der Waals surface area (Å²) in [6.07, 6.45) is 1.61. The van der Waals surface area contributed by atoms with E-state index >= 15 is 0 Å². The van der Waals surface area contributed by atoms with Gasteiger partial charge in [-0.05, 0) is 28.1 Å². The van der Waals surface area contributed by atoms with Crippen LogP contribution in [0, 0.1) is 0 Å². The van der Waals surface area contributed by atoms with Crippen molar-refractivity contribution in [3.8, 4) is 17.1 Å². The van der Waals surface area contributed by atoms with Crippen LogP contribution < -0.4 is 4.74 Å². The molecule has 1 aromatic heterocycles. The first-order valence-corrected chi connectivity index (χ1v) is 5.53. The van der Waals surface area contributed by atoms with Gasteiger partial charge in [-0.1, -0.05) is 6.07 Å². The number of H-pyrrole nitrogens is 1. The number of para-hydroxylation sites is 1. The number of benzene rings is 1. The summed E-state index contributed by atoms with van der Waals surface area (Å²) in [6, 6.07) is 5.71. The molecule has 0 unspecified atom stereocenters. The van der Waals surface area contributed by atoms with Crippen molar-refractivity contribution in [3.05, 3.63) is 34.6 Å². The van der Waals surface area contributed by atoms with Crippen molar-refractivity contribution >= 4 is 15.9 Å². The van der Waals surface area contributed by atoms with Gasteiger partial charge >= 0.3 is 0 Å². The van der Waals surface area contributed by atoms with Crippen LogP contribution in [-0.4, -0.2) is 22.2 Å². The minimum absolute atomic E-state index is 0.0523. The van der Waals surface area contributed by atoms with Gasteiger partial charge in [0.25, 0.3) is 0 Å². The average Bonchev–Trinajstić information content (AvgIpc) is 2.77. The summed E-state index contributed by atoms with van der Waals surface area (Å²) in [5.41, 5.74) is 1.54. The molecule has 0 atom stereocenters. The van der Waals surface area contributed by atoms with Crippen LogP contribution in [0.3, 0.4) is 0 Å². The number of hydrogen-bond acceptors (Lipinski definition) is 3. The molecule has 2 N–H and O–H groups in total. The molecule has 0 radical (unpaired) electrons. The van der Waals surface area contributed by atoms with Crippen LogP contribution in [0.25, 0.3) is 11.4 Å². The van der Waals surface area contributed by atoms with E-state index in [9.17, 15) is 0 Å². The van der Waals surface area contributed by atoms with Crippen molar-refractivity contribution in [1.82, 2.24) is 9.97 Å². The van der Waals surface area contributed by atoms with Gasteiger partial charge in [0.05, 0.1) is 35.6 Å². The maximum atomic E-state index is 8.97. The first kappa shape index (κ1) is 11.2. The number of hydrogen-bond donors (Lipinski definition) is 2. The van der Waals surface area contributed by atoms with E-state index in [0.717, 1.165) is 15.8 Å². The van der Waals surface area contributed by atoms with Crippen LogP contribution in [0.4, 0.5) is 0 Å². The Morgan fingerprint density at radius 2 is 2.31 bits per heavy atom. The highest BCUT2D eigenvalue weighted by atomic mass is 79.9. The fraction of sp³-hybridized carbons (Fsp3) is 0.182. The number of aromatic amines is 1. The third-order valence-electron chi connectivity index (χ3n) is 2.23. The second-order valence-corrected chi connectivity index (χ2v) is 4.09. The lowest BCUT2D eigenvalue weighted by atomic mass is 10.2. The van der Waals surface area contributed by atoms with E-state index < -0.39 is 0 Å². The minimum Gasteiger partial charge on any atom is -0.495 e. The number of aliphatic hydroxyl groups is 1. The number of ether oxygens (including phenoxy) is 1. The standard InChI is InChI=1S/C11H11BrN2O2/c1-16-10-8(3-2-4-9(10)12)11-13-5-7(6-15)14-11/h2-5,15H,6H2,1H3,(H,13,14). The first-order chi connectivity index (χ1) is 7.76. The van der Waals surface area contributed by atoms with Gasteiger partial charge in [-0.15, -0.1) is 0 Å². The highest BCUT2D eigenvalue weighted by Crippen LogP contribution is 2.34. The molecule has 0 fully saturated rings. The molecule has 0 aliphatic carbocycles. The molecular formula is C11H11BrN2O2. The van der Waals surface area contributed by atoms with Crippen molar-refractivity contribution < 1.29 is 9.84 Å². The highest BCUT2D eigenvalue weighted by Gasteiger charge is 2.11. The van der Waals surface area contributed by atoms with Crippen molar-refractivity contribution in [1.29, 1.82) is 0 Å². The Labute approximate surface area is 101 Å². The molecule has 0 aliphatic heterocycles. The molecule has 0 bridgehead atoms. The first-order valence-electron chi connectivity index (χ1n) is 4.74. The molecule has 5 heteroatoms. The molecule has 0 aliphatic rings. The summed E-state index contributed by atoms with van der Waals surface area (Å²) < 4.78 is 6.17. The molecule has 1 heterocycles. The van der Waals surface area contributed by atoms with E-state index in [1.165, 1.54) is 0 Å². The van der Waals surface area contributed by atoms with Gasteiger partial charge in [-0.25, -0.2) is 4.98 Å². The summed E-state index contributed by atoms with van der Waals surface area (Å²) in [5.74, 6) is 1.41. The van der Waals surface area contributed by atoms with Crippen molar-refractivity contribution in [2.75, 3.05) is 7.11 Å². The number of imidazole rings is 1. The largest absolute Gasteiger partial charge is 0.495 e. The minimum atomic E-state index is -0.0523. The number of halogens is 1. The topological polar surface area (TPSA) is 58.1 Å². The van der Waals surface area contributed by atoms with E-state index in [2.05, 4.69) is 25.9 Å². The number of aliphatic hydroxyl groups excluding tert-OH is 1. The van der Waals surface area contributed by atoms with Gasteiger partial charge in [0.2, 0.25) is 0 Å². The molecule has 16 heavy (non-hydrogen) atoms. The van der Waals surface area contributed by atoms with Crippen LogP contribution in [-0.2, 0) is 6.61 Å². The van der Waals surface area contributed by atoms with E-state index in [1.807, 2.05) is 18.2 Å². The van der Waals surface area contributed by atoms with Gasteiger partial charge < -0.3 is 14.8 Å². The number of nitrogens with one attached hydrogen (secondary N) is 1. The second kappa shape index (κ2) is 4.67. The highest BCUT2D eigenvalue weighted by molar-refractivity contribution is 9.10. The predicted molar refractivity (Wildman–Crippen MR) is 64.2 cm³/mol. The average molecular weight is 283 g/mol. The summed E-state index contributed by atoms with van der Waals surface area (Å²) in [5, 5.41) is 8.97. The van der Waals surface area contributed by atoms with E-state index in [1.54, 1.807) is 13.3 Å². The fourth-order valence-corrected chi connectivity index (χ4v) is 2.01. The molecule has 1 aromatic carbocycles. The van der Waals surface area contributed by atoms with Crippen LogP contribution in [0.5, 0.6) is 5.75 Å². The van der Waals surface area contributed by atoms with E-state index in [4.69, 9.17) is 9.84 Å². The van der Waals surface area contributed by atoms with Gasteiger partial charge in [0.1, 0.15) is 11.6 Å². The summed E-state index contributed by atoms with van der Waals surface area (Å²) in [7, 11) is 1.61. The Hall–Kier alpha value is -1.33. The lowest BCUT2D eigenvalue weighted by Gasteiger charge is -2.07. The van der Waals surface area contributed by atoms with Crippen molar-refractivity contribution in [3.63, 3.8) is 0 Å². The van der Waals surface area contributed by atoms with Crippen LogP contribution in [0.2, 0.25) is 0 Å². The Kier molecular flexibility index (Phi) is 3.26. The van der Waals surface area contributed by atoms with Crippen LogP contribution in [0.1, 0.15) is 5.69 Å². The third-order valence-corrected chi connectivity index (χ3v) is 2.85. The monoisotopic (exact) mass is 282 g/mol. The maximum absolute atomic E-state index is 8.97. The van der Waals surface area contributed by atoms with Gasteiger partial charge in [0, 0.05) is 0 Å². The maximum Gasteiger partial charge on any atom is 0.143 e. The Balaban J connectivity index is 2.50. The van der Waals surface area contributed by atoms with Gasteiger partial charge in [-0.3, -0.25) is 0 Å². The van der Waals surface area contributed by atoms with E-state index in [0.29, 0.717) is 11.5 Å². The lowest BCUT2D eigenvalue weighted by molar-refractivity contribution is 0.277. The molecule has 0 amide bonds. The van der Waals surface area contributed by atoms with Crippen LogP contribution >= 0.6 is 15.9 Å². The number of rotatable bonds is 3. The normalized spacial score (nSPS) is 10.4. The molecule has 84 valence electrons. The van der Waals surface area contributed by atoms with Crippen molar-refractivity contribution in [2.45, 2.75) is 6.61 Å². The van der Waals surface area contributed by atoms with Gasteiger partial charge in [0.15, 0.2) is 0 Å². The molecule has 2 aromatic rings. The molecule has 4 nitrogen and oxygen atoms in total. The van der Waals surface area contributed by atoms with Gasteiger partial charge in [-0.2, -0.15) is 0 Å².